The molecule has 1 N–H and O–H groups in total. The average molecular weight is 302 g/mol. The second-order valence-corrected chi connectivity index (χ2v) is 8.23. The van der Waals surface area contributed by atoms with Crippen molar-refractivity contribution in [1.82, 2.24) is 0 Å². The van der Waals surface area contributed by atoms with E-state index in [1.165, 1.54) is 5.56 Å². The highest BCUT2D eigenvalue weighted by Gasteiger charge is 2.24. The van der Waals surface area contributed by atoms with Gasteiger partial charge in [-0.3, -0.25) is 4.99 Å². The molecule has 1 rings (SSSR count). The van der Waals surface area contributed by atoms with E-state index in [0.717, 1.165) is 17.5 Å². The van der Waals surface area contributed by atoms with Gasteiger partial charge in [-0.2, -0.15) is 0 Å². The number of aromatic hydroxyl groups is 1. The van der Waals surface area contributed by atoms with Crippen LogP contribution in [0.5, 0.6) is 5.75 Å². The van der Waals surface area contributed by atoms with Gasteiger partial charge in [0.05, 0.1) is 0 Å². The van der Waals surface area contributed by atoms with Gasteiger partial charge in [-0.25, -0.2) is 0 Å². The molecule has 1 aromatic rings. The van der Waals surface area contributed by atoms with E-state index in [2.05, 4.69) is 72.0 Å². The van der Waals surface area contributed by atoms with Gasteiger partial charge in [0.15, 0.2) is 0 Å². The van der Waals surface area contributed by atoms with Crippen molar-refractivity contribution in [1.29, 1.82) is 0 Å². The molecule has 2 nitrogen and oxygen atoms in total. The zero-order valence-electron chi connectivity index (χ0n) is 15.5. The number of rotatable bonds is 4. The summed E-state index contributed by atoms with van der Waals surface area (Å²) in [6.45, 7) is 17.1. The lowest BCUT2D eigenvalue weighted by molar-refractivity contribution is 0.444. The highest BCUT2D eigenvalue weighted by molar-refractivity contribution is 5.85. The van der Waals surface area contributed by atoms with Gasteiger partial charge in [-0.05, 0) is 42.2 Å². The zero-order chi connectivity index (χ0) is 17.1. The molecule has 0 amide bonds. The van der Waals surface area contributed by atoms with E-state index in [1.54, 1.807) is 0 Å². The molecule has 22 heavy (non-hydrogen) atoms. The van der Waals surface area contributed by atoms with Crippen LogP contribution in [-0.2, 0) is 10.8 Å². The zero-order valence-corrected chi connectivity index (χ0v) is 15.5. The molecule has 0 aliphatic carbocycles. The van der Waals surface area contributed by atoms with Crippen molar-refractivity contribution in [2.45, 2.75) is 78.7 Å². The topological polar surface area (TPSA) is 32.6 Å². The Hall–Kier alpha value is -1.31. The first kappa shape index (κ1) is 18.7. The Morgan fingerprint density at radius 3 is 2.14 bits per heavy atom. The SMILES string of the molecule is C[CH]CC(C)N=Cc1cc(C(C)(C)C)cc(C(C)(C)C)c1O. The summed E-state index contributed by atoms with van der Waals surface area (Å²) in [4.78, 5) is 4.58. The van der Waals surface area contributed by atoms with Crippen LogP contribution < -0.4 is 0 Å². The average Bonchev–Trinajstić information content (AvgIpc) is 2.35. The molecule has 0 saturated heterocycles. The summed E-state index contributed by atoms with van der Waals surface area (Å²) in [5, 5.41) is 10.7. The molecular formula is C20H32NO. The van der Waals surface area contributed by atoms with Crippen LogP contribution in [0.2, 0.25) is 0 Å². The summed E-state index contributed by atoms with van der Waals surface area (Å²) in [7, 11) is 0. The van der Waals surface area contributed by atoms with E-state index in [4.69, 9.17) is 0 Å². The number of phenols is 1. The Labute approximate surface area is 136 Å². The second kappa shape index (κ2) is 6.85. The van der Waals surface area contributed by atoms with Gasteiger partial charge in [0, 0.05) is 23.4 Å². The van der Waals surface area contributed by atoms with E-state index < -0.39 is 0 Å². The Balaban J connectivity index is 3.37. The molecule has 0 fully saturated rings. The molecule has 2 heteroatoms. The second-order valence-electron chi connectivity index (χ2n) is 8.23. The third-order valence-electron chi connectivity index (χ3n) is 3.86. The monoisotopic (exact) mass is 302 g/mol. The predicted molar refractivity (Wildman–Crippen MR) is 97.2 cm³/mol. The molecule has 0 aliphatic heterocycles. The summed E-state index contributed by atoms with van der Waals surface area (Å²) in [6.07, 6.45) is 4.89. The van der Waals surface area contributed by atoms with Crippen LogP contribution in [-0.4, -0.2) is 17.4 Å². The quantitative estimate of drug-likeness (QED) is 0.741. The number of hydrogen-bond donors (Lipinski definition) is 1. The van der Waals surface area contributed by atoms with Crippen molar-refractivity contribution in [3.8, 4) is 5.75 Å². The van der Waals surface area contributed by atoms with E-state index in [9.17, 15) is 5.11 Å². The van der Waals surface area contributed by atoms with Gasteiger partial charge in [-0.1, -0.05) is 54.5 Å². The van der Waals surface area contributed by atoms with E-state index in [0.29, 0.717) is 5.75 Å². The van der Waals surface area contributed by atoms with Gasteiger partial charge in [0.2, 0.25) is 0 Å². The molecule has 123 valence electrons. The summed E-state index contributed by atoms with van der Waals surface area (Å²) in [5.41, 5.74) is 2.97. The van der Waals surface area contributed by atoms with E-state index in [1.807, 2.05) is 13.1 Å². The lowest BCUT2D eigenvalue weighted by atomic mass is 9.79. The molecule has 1 atom stereocenters. The predicted octanol–water partition coefficient (Wildman–Crippen LogP) is 5.41. The number of hydrogen-bond acceptors (Lipinski definition) is 2. The molecule has 1 aromatic carbocycles. The van der Waals surface area contributed by atoms with Crippen LogP contribution in [0.3, 0.4) is 0 Å². The molecule has 0 heterocycles. The van der Waals surface area contributed by atoms with Gasteiger partial charge < -0.3 is 5.11 Å². The summed E-state index contributed by atoms with van der Waals surface area (Å²) in [5.74, 6) is 0.358. The van der Waals surface area contributed by atoms with Crippen molar-refractivity contribution >= 4 is 6.21 Å². The fraction of sp³-hybridized carbons (Fsp3) is 0.600. The number of benzene rings is 1. The standard InChI is InChI=1S/C20H32NO/c1-9-10-14(2)21-13-15-11-16(19(3,4)5)12-17(18(15)22)20(6,7)8/h9,11-14,22H,10H2,1-8H3. The first-order valence-electron chi connectivity index (χ1n) is 8.15. The van der Waals surface area contributed by atoms with Crippen molar-refractivity contribution in [2.75, 3.05) is 0 Å². The van der Waals surface area contributed by atoms with Crippen molar-refractivity contribution in [3.63, 3.8) is 0 Å². The third-order valence-corrected chi connectivity index (χ3v) is 3.86. The summed E-state index contributed by atoms with van der Waals surface area (Å²) >= 11 is 0. The minimum Gasteiger partial charge on any atom is -0.507 e. The number of phenolic OH excluding ortho intramolecular Hbond substituents is 1. The van der Waals surface area contributed by atoms with Crippen LogP contribution in [0.1, 0.15) is 78.5 Å². The third kappa shape index (κ3) is 4.86. The van der Waals surface area contributed by atoms with Crippen LogP contribution >= 0.6 is 0 Å². The van der Waals surface area contributed by atoms with E-state index >= 15 is 0 Å². The van der Waals surface area contributed by atoms with Crippen molar-refractivity contribution < 1.29 is 5.11 Å². The maximum atomic E-state index is 10.7. The van der Waals surface area contributed by atoms with E-state index in [-0.39, 0.29) is 16.9 Å². The first-order chi connectivity index (χ1) is 9.96. The fourth-order valence-corrected chi connectivity index (χ4v) is 2.37. The molecular weight excluding hydrogens is 270 g/mol. The fourth-order valence-electron chi connectivity index (χ4n) is 2.37. The lowest BCUT2D eigenvalue weighted by Crippen LogP contribution is -2.17. The minimum atomic E-state index is -0.100. The van der Waals surface area contributed by atoms with Gasteiger partial charge >= 0.3 is 0 Å². The molecule has 0 saturated carbocycles. The highest BCUT2D eigenvalue weighted by atomic mass is 16.3. The Morgan fingerprint density at radius 1 is 1.09 bits per heavy atom. The van der Waals surface area contributed by atoms with Crippen LogP contribution in [0.4, 0.5) is 0 Å². The summed E-state index contributed by atoms with van der Waals surface area (Å²) in [6, 6.07) is 4.44. The molecule has 0 aromatic heterocycles. The lowest BCUT2D eigenvalue weighted by Gasteiger charge is -2.27. The molecule has 0 spiro atoms. The van der Waals surface area contributed by atoms with Gasteiger partial charge in [-0.15, -0.1) is 0 Å². The molecule has 0 bridgehead atoms. The normalized spacial score (nSPS) is 14.5. The Morgan fingerprint density at radius 2 is 1.68 bits per heavy atom. The summed E-state index contributed by atoms with van der Waals surface area (Å²) < 4.78 is 0. The van der Waals surface area contributed by atoms with Crippen molar-refractivity contribution in [2.24, 2.45) is 4.99 Å². The van der Waals surface area contributed by atoms with Gasteiger partial charge in [0.1, 0.15) is 5.75 Å². The minimum absolute atomic E-state index is 0.0408. The highest BCUT2D eigenvalue weighted by Crippen LogP contribution is 2.37. The Kier molecular flexibility index (Phi) is 5.83. The number of aliphatic imine (C=N–C) groups is 1. The maximum Gasteiger partial charge on any atom is 0.128 e. The number of nitrogens with zero attached hydrogens (tertiary/aromatic N) is 1. The maximum absolute atomic E-state index is 10.7. The van der Waals surface area contributed by atoms with Crippen LogP contribution in [0.15, 0.2) is 17.1 Å². The Bertz CT molecular complexity index is 530. The molecule has 0 aliphatic rings. The van der Waals surface area contributed by atoms with Crippen LogP contribution in [0, 0.1) is 6.42 Å². The first-order valence-corrected chi connectivity index (χ1v) is 8.15. The molecule has 1 unspecified atom stereocenters. The van der Waals surface area contributed by atoms with Crippen molar-refractivity contribution in [3.05, 3.63) is 35.2 Å². The molecule has 1 radical (unpaired) electrons. The largest absolute Gasteiger partial charge is 0.507 e. The smallest absolute Gasteiger partial charge is 0.128 e. The van der Waals surface area contributed by atoms with Gasteiger partial charge in [0.25, 0.3) is 0 Å². The van der Waals surface area contributed by atoms with Crippen LogP contribution in [0.25, 0.3) is 0 Å².